The second kappa shape index (κ2) is 14.0. The zero-order chi connectivity index (χ0) is 24.4. The average molecular weight is 512 g/mol. The molecule has 0 aromatic carbocycles. The van der Waals surface area contributed by atoms with E-state index in [2.05, 4.69) is 31.0 Å². The van der Waals surface area contributed by atoms with E-state index in [0.717, 1.165) is 68.1 Å². The number of carboxylic acid groups (broad SMARTS) is 1. The Balaban J connectivity index is 1.52. The van der Waals surface area contributed by atoms with Crippen LogP contribution in [0.3, 0.4) is 0 Å². The Kier molecular flexibility index (Phi) is 11.4. The van der Waals surface area contributed by atoms with Gasteiger partial charge in [0, 0.05) is 17.7 Å². The molecule has 0 spiro atoms. The van der Waals surface area contributed by atoms with Crippen LogP contribution in [0.25, 0.3) is 0 Å². The first-order chi connectivity index (χ1) is 16.4. The molecule has 1 aliphatic carbocycles. The second-order valence-corrected chi connectivity index (χ2v) is 12.1. The lowest BCUT2D eigenvalue weighted by atomic mass is 9.89. The molecule has 1 saturated carbocycles. The number of carboxylic acids is 1. The molecular weight excluding hydrogens is 470 g/mol. The average Bonchev–Trinajstić information content (AvgIpc) is 3.42. The van der Waals surface area contributed by atoms with Crippen molar-refractivity contribution in [2.45, 2.75) is 107 Å². The molecule has 0 bridgehead atoms. The summed E-state index contributed by atoms with van der Waals surface area (Å²) >= 11 is 2.95. The number of thioether (sulfide) groups is 1. The molecular formula is C26H41NO5S2. The highest BCUT2D eigenvalue weighted by atomic mass is 32.2. The molecule has 0 radical (unpaired) electrons. The van der Waals surface area contributed by atoms with Gasteiger partial charge in [-0.1, -0.05) is 50.1 Å². The summed E-state index contributed by atoms with van der Waals surface area (Å²) in [4.78, 5) is 15.2. The van der Waals surface area contributed by atoms with Crippen LogP contribution in [0.2, 0.25) is 0 Å². The maximum absolute atomic E-state index is 11.0. The largest absolute Gasteiger partial charge is 0.476 e. The van der Waals surface area contributed by atoms with Gasteiger partial charge in [-0.15, -0.1) is 11.3 Å². The van der Waals surface area contributed by atoms with Crippen LogP contribution in [-0.2, 0) is 9.47 Å². The number of rotatable bonds is 14. The Morgan fingerprint density at radius 1 is 1.35 bits per heavy atom. The number of carbonyl (C=O) groups is 1. The van der Waals surface area contributed by atoms with Gasteiger partial charge in [0.2, 0.25) is 0 Å². The Hall–Kier alpha value is -0.930. The molecule has 6 nitrogen and oxygen atoms in total. The van der Waals surface area contributed by atoms with Crippen molar-refractivity contribution in [3.05, 3.63) is 23.2 Å². The van der Waals surface area contributed by atoms with Crippen molar-refractivity contribution in [2.24, 2.45) is 11.8 Å². The molecule has 2 N–H and O–H groups in total. The van der Waals surface area contributed by atoms with Crippen LogP contribution in [0.15, 0.2) is 21.9 Å². The van der Waals surface area contributed by atoms with Crippen molar-refractivity contribution in [3.8, 4) is 0 Å². The van der Waals surface area contributed by atoms with Crippen molar-refractivity contribution in [1.82, 2.24) is 4.98 Å². The van der Waals surface area contributed by atoms with Gasteiger partial charge in [-0.05, 0) is 70.1 Å². The van der Waals surface area contributed by atoms with E-state index in [1.807, 2.05) is 0 Å². The Morgan fingerprint density at radius 3 is 2.91 bits per heavy atom. The lowest BCUT2D eigenvalue weighted by molar-refractivity contribution is -0.221. The lowest BCUT2D eigenvalue weighted by Gasteiger charge is -2.35. The molecule has 2 aliphatic rings. The molecule has 34 heavy (non-hydrogen) atoms. The molecule has 2 heterocycles. The van der Waals surface area contributed by atoms with E-state index in [9.17, 15) is 9.90 Å². The highest BCUT2D eigenvalue weighted by molar-refractivity contribution is 8.01. The molecule has 1 aliphatic heterocycles. The summed E-state index contributed by atoms with van der Waals surface area (Å²) in [6.07, 6.45) is 15.7. The minimum absolute atomic E-state index is 0.0839. The van der Waals surface area contributed by atoms with E-state index in [1.165, 1.54) is 30.6 Å². The summed E-state index contributed by atoms with van der Waals surface area (Å²) in [7, 11) is 0. The number of thiazole rings is 1. The van der Waals surface area contributed by atoms with Gasteiger partial charge in [0.15, 0.2) is 16.3 Å². The molecule has 2 unspecified atom stereocenters. The lowest BCUT2D eigenvalue weighted by Crippen LogP contribution is -2.36. The fraction of sp³-hybridized carbons (Fsp3) is 0.769. The van der Waals surface area contributed by atoms with Gasteiger partial charge >= 0.3 is 5.97 Å². The number of allylic oxidation sites excluding steroid dienone is 1. The third kappa shape index (κ3) is 8.63. The smallest absolute Gasteiger partial charge is 0.355 e. The number of hydrogen-bond acceptors (Lipinski definition) is 7. The van der Waals surface area contributed by atoms with Gasteiger partial charge in [-0.25, -0.2) is 9.78 Å². The first-order valence-electron chi connectivity index (χ1n) is 12.9. The minimum Gasteiger partial charge on any atom is -0.476 e. The number of aromatic nitrogens is 1. The van der Waals surface area contributed by atoms with Crippen LogP contribution in [0.4, 0.5) is 0 Å². The van der Waals surface area contributed by atoms with Crippen LogP contribution in [0.1, 0.15) is 95.0 Å². The fourth-order valence-electron chi connectivity index (χ4n) is 5.00. The minimum atomic E-state index is -0.986. The monoisotopic (exact) mass is 511 g/mol. The molecule has 0 amide bonds. The molecule has 1 aromatic rings. The van der Waals surface area contributed by atoms with E-state index in [1.54, 1.807) is 17.1 Å². The predicted octanol–water partition coefficient (Wildman–Crippen LogP) is 6.54. The molecule has 3 rings (SSSR count). The molecule has 1 saturated heterocycles. The standard InChI is InChI=1S/C26H41NO5S2/c1-3-4-6-14-26(2,32-23-10-5-7-16-31-23)15-8-9-19-11-12-22(28)20(19)13-17-33-25-27-21(18-34-25)24(29)30/h8-9,18-20,22-23,28H,3-7,10-17H2,1-2H3,(H,29,30)/t19-,20+,22-,23?,26?/m0/s1. The van der Waals surface area contributed by atoms with Gasteiger partial charge in [0.05, 0.1) is 11.7 Å². The van der Waals surface area contributed by atoms with Crippen molar-refractivity contribution < 1.29 is 24.5 Å². The van der Waals surface area contributed by atoms with Crippen LogP contribution in [0.5, 0.6) is 0 Å². The van der Waals surface area contributed by atoms with Crippen LogP contribution < -0.4 is 0 Å². The maximum Gasteiger partial charge on any atom is 0.355 e. The number of unbranched alkanes of at least 4 members (excludes halogenated alkanes) is 2. The number of aromatic carboxylic acids is 1. The maximum atomic E-state index is 11.0. The molecule has 8 heteroatoms. The number of nitrogens with zero attached hydrogens (tertiary/aromatic N) is 1. The Morgan fingerprint density at radius 2 is 2.21 bits per heavy atom. The normalized spacial score (nSPS) is 27.3. The van der Waals surface area contributed by atoms with Crippen molar-refractivity contribution in [3.63, 3.8) is 0 Å². The van der Waals surface area contributed by atoms with E-state index < -0.39 is 5.97 Å². The van der Waals surface area contributed by atoms with Crippen LogP contribution >= 0.6 is 23.1 Å². The summed E-state index contributed by atoms with van der Waals surface area (Å²) in [5.74, 6) is 0.444. The van der Waals surface area contributed by atoms with Crippen LogP contribution in [0, 0.1) is 11.8 Å². The SMILES string of the molecule is CCCCCC(C)(CC=C[C@H]1CC[C@H](O)[C@@H]1CCSc1nc(C(=O)O)cs1)OC1CCCCO1. The Bertz CT molecular complexity index is 779. The second-order valence-electron chi connectivity index (χ2n) is 9.87. The third-order valence-corrected chi connectivity index (χ3v) is 9.07. The van der Waals surface area contributed by atoms with Gasteiger partial charge in [-0.3, -0.25) is 0 Å². The highest BCUT2D eigenvalue weighted by Crippen LogP contribution is 2.38. The number of aliphatic hydroxyl groups is 1. The van der Waals surface area contributed by atoms with E-state index in [4.69, 9.17) is 14.6 Å². The first kappa shape index (κ1) is 27.7. The topological polar surface area (TPSA) is 88.9 Å². The third-order valence-electron chi connectivity index (χ3n) is 7.01. The quantitative estimate of drug-likeness (QED) is 0.166. The molecule has 192 valence electrons. The van der Waals surface area contributed by atoms with Gasteiger partial charge < -0.3 is 19.7 Å². The summed E-state index contributed by atoms with van der Waals surface area (Å²) in [6.45, 7) is 5.25. The highest BCUT2D eigenvalue weighted by Gasteiger charge is 2.34. The van der Waals surface area contributed by atoms with E-state index in [-0.39, 0.29) is 29.6 Å². The summed E-state index contributed by atoms with van der Waals surface area (Å²) in [5, 5.41) is 21.2. The van der Waals surface area contributed by atoms with E-state index >= 15 is 0 Å². The summed E-state index contributed by atoms with van der Waals surface area (Å²) < 4.78 is 13.1. The molecule has 2 fully saturated rings. The predicted molar refractivity (Wildman–Crippen MR) is 138 cm³/mol. The fourth-order valence-corrected chi connectivity index (χ4v) is 6.91. The van der Waals surface area contributed by atoms with Crippen molar-refractivity contribution >= 4 is 29.1 Å². The van der Waals surface area contributed by atoms with Crippen LogP contribution in [-0.4, -0.2) is 51.5 Å². The first-order valence-corrected chi connectivity index (χ1v) is 14.7. The molecule has 1 aromatic heterocycles. The van der Waals surface area contributed by atoms with Crippen molar-refractivity contribution in [2.75, 3.05) is 12.4 Å². The summed E-state index contributed by atoms with van der Waals surface area (Å²) in [5.41, 5.74) is -0.111. The van der Waals surface area contributed by atoms with Gasteiger partial charge in [0.25, 0.3) is 0 Å². The van der Waals surface area contributed by atoms with E-state index in [0.29, 0.717) is 5.92 Å². The number of hydrogen-bond donors (Lipinski definition) is 2. The van der Waals surface area contributed by atoms with Gasteiger partial charge in [0.1, 0.15) is 0 Å². The molecule has 5 atom stereocenters. The Labute approximate surface area is 212 Å². The van der Waals surface area contributed by atoms with Crippen molar-refractivity contribution in [1.29, 1.82) is 0 Å². The zero-order valence-electron chi connectivity index (χ0n) is 20.6. The number of aliphatic hydroxyl groups excluding tert-OH is 1. The zero-order valence-corrected chi connectivity index (χ0v) is 22.2. The van der Waals surface area contributed by atoms with Gasteiger partial charge in [-0.2, -0.15) is 0 Å². The summed E-state index contributed by atoms with van der Waals surface area (Å²) in [6, 6.07) is 0. The number of ether oxygens (including phenoxy) is 2.